The van der Waals surface area contributed by atoms with Gasteiger partial charge in [0.1, 0.15) is 4.21 Å². The van der Waals surface area contributed by atoms with Crippen LogP contribution in [0.1, 0.15) is 23.0 Å². The van der Waals surface area contributed by atoms with E-state index in [9.17, 15) is 18.0 Å². The second-order valence-electron chi connectivity index (χ2n) is 3.76. The van der Waals surface area contributed by atoms with Crippen molar-refractivity contribution in [2.24, 2.45) is 0 Å². The molecule has 0 fully saturated rings. The zero-order valence-electron chi connectivity index (χ0n) is 10.7. The molecule has 0 atom stereocenters. The minimum Gasteiger partial charge on any atom is -0.461 e. The zero-order chi connectivity index (χ0) is 15.5. The summed E-state index contributed by atoms with van der Waals surface area (Å²) in [5.74, 6) is -0.638. The second kappa shape index (κ2) is 6.44. The molecule has 2 aromatic rings. The molecule has 0 N–H and O–H groups in total. The molecule has 1 aromatic carbocycles. The molecule has 1 heterocycles. The van der Waals surface area contributed by atoms with Crippen LogP contribution in [0.3, 0.4) is 0 Å². The first kappa shape index (κ1) is 15.8. The molecule has 21 heavy (non-hydrogen) atoms. The van der Waals surface area contributed by atoms with Crippen molar-refractivity contribution in [3.63, 3.8) is 0 Å². The third-order valence-electron chi connectivity index (χ3n) is 2.30. The van der Waals surface area contributed by atoms with Crippen LogP contribution in [0.15, 0.2) is 33.4 Å². The zero-order valence-corrected chi connectivity index (χ0v) is 12.3. The van der Waals surface area contributed by atoms with E-state index < -0.39 is 17.7 Å². The van der Waals surface area contributed by atoms with Crippen molar-refractivity contribution in [2.45, 2.75) is 22.2 Å². The summed E-state index contributed by atoms with van der Waals surface area (Å²) in [4.78, 5) is 12.0. The minimum absolute atomic E-state index is 0.0178. The summed E-state index contributed by atoms with van der Waals surface area (Å²) >= 11 is 1.93. The van der Waals surface area contributed by atoms with Gasteiger partial charge in [-0.05, 0) is 36.7 Å². The number of carbonyl (C=O) groups excluding carboxylic acids is 1. The number of halogens is 3. The molecule has 0 radical (unpaired) electrons. The summed E-state index contributed by atoms with van der Waals surface area (Å²) in [6.07, 6.45) is -4.41. The van der Waals surface area contributed by atoms with Crippen LogP contribution >= 0.6 is 23.3 Å². The maximum atomic E-state index is 12.6. The van der Waals surface area contributed by atoms with Gasteiger partial charge in [0.25, 0.3) is 0 Å². The van der Waals surface area contributed by atoms with Crippen LogP contribution in [0, 0.1) is 0 Å². The Hall–Kier alpha value is -1.61. The number of carbonyl (C=O) groups is 1. The van der Waals surface area contributed by atoms with Gasteiger partial charge in [-0.2, -0.15) is 13.2 Å². The molecular weight excluding hydrogens is 325 g/mol. The monoisotopic (exact) mass is 334 g/mol. The van der Waals surface area contributed by atoms with Gasteiger partial charge < -0.3 is 4.74 Å². The number of benzene rings is 1. The van der Waals surface area contributed by atoms with Gasteiger partial charge in [-0.15, -0.1) is 5.10 Å². The van der Waals surface area contributed by atoms with Crippen molar-refractivity contribution in [1.82, 2.24) is 9.59 Å². The summed E-state index contributed by atoms with van der Waals surface area (Å²) in [6, 6.07) is 4.83. The van der Waals surface area contributed by atoms with Crippen molar-refractivity contribution >= 4 is 29.3 Å². The van der Waals surface area contributed by atoms with Crippen molar-refractivity contribution in [1.29, 1.82) is 0 Å². The number of nitrogens with zero attached hydrogens (tertiary/aromatic N) is 2. The van der Waals surface area contributed by atoms with Gasteiger partial charge in [0.15, 0.2) is 5.69 Å². The van der Waals surface area contributed by atoms with E-state index in [4.69, 9.17) is 4.74 Å². The van der Waals surface area contributed by atoms with Gasteiger partial charge in [0.05, 0.1) is 12.2 Å². The molecular formula is C12H9F3N2O2S2. The van der Waals surface area contributed by atoms with Gasteiger partial charge in [-0.1, -0.05) is 22.3 Å². The Morgan fingerprint density at radius 3 is 2.86 bits per heavy atom. The Bertz CT molecular complexity index is 643. The van der Waals surface area contributed by atoms with E-state index in [-0.39, 0.29) is 12.3 Å². The number of alkyl halides is 3. The van der Waals surface area contributed by atoms with Crippen LogP contribution in [0.5, 0.6) is 0 Å². The van der Waals surface area contributed by atoms with Crippen LogP contribution in [0.25, 0.3) is 0 Å². The summed E-state index contributed by atoms with van der Waals surface area (Å²) in [7, 11) is 0. The number of esters is 1. The van der Waals surface area contributed by atoms with E-state index in [1.54, 1.807) is 6.92 Å². The van der Waals surface area contributed by atoms with Crippen LogP contribution in [0.4, 0.5) is 13.2 Å². The Morgan fingerprint density at radius 2 is 2.19 bits per heavy atom. The lowest BCUT2D eigenvalue weighted by atomic mass is 10.2. The van der Waals surface area contributed by atoms with Gasteiger partial charge in [0.2, 0.25) is 0 Å². The highest BCUT2D eigenvalue weighted by Crippen LogP contribution is 2.36. The van der Waals surface area contributed by atoms with E-state index >= 15 is 0 Å². The second-order valence-corrected chi connectivity index (χ2v) is 5.85. The lowest BCUT2D eigenvalue weighted by Crippen LogP contribution is -2.06. The first-order valence-corrected chi connectivity index (χ1v) is 7.35. The lowest BCUT2D eigenvalue weighted by Gasteiger charge is -2.08. The molecule has 0 unspecified atom stereocenters. The molecule has 1 aromatic heterocycles. The van der Waals surface area contributed by atoms with Gasteiger partial charge in [-0.3, -0.25) is 0 Å². The van der Waals surface area contributed by atoms with Crippen molar-refractivity contribution < 1.29 is 22.7 Å². The van der Waals surface area contributed by atoms with E-state index in [0.717, 1.165) is 35.4 Å². The molecule has 0 aliphatic carbocycles. The lowest BCUT2D eigenvalue weighted by molar-refractivity contribution is -0.137. The Morgan fingerprint density at radius 1 is 1.43 bits per heavy atom. The van der Waals surface area contributed by atoms with Crippen LogP contribution in [-0.2, 0) is 10.9 Å². The van der Waals surface area contributed by atoms with Crippen molar-refractivity contribution in [3.8, 4) is 0 Å². The van der Waals surface area contributed by atoms with Gasteiger partial charge in [-0.25, -0.2) is 4.79 Å². The first-order valence-electron chi connectivity index (χ1n) is 5.76. The highest BCUT2D eigenvalue weighted by atomic mass is 32.2. The van der Waals surface area contributed by atoms with E-state index in [1.807, 2.05) is 0 Å². The van der Waals surface area contributed by atoms with E-state index in [1.165, 1.54) is 12.1 Å². The Kier molecular flexibility index (Phi) is 4.84. The highest BCUT2D eigenvalue weighted by molar-refractivity contribution is 8.01. The van der Waals surface area contributed by atoms with Crippen LogP contribution in [0.2, 0.25) is 0 Å². The van der Waals surface area contributed by atoms with Crippen molar-refractivity contribution in [3.05, 3.63) is 35.5 Å². The molecule has 0 saturated carbocycles. The van der Waals surface area contributed by atoms with Crippen molar-refractivity contribution in [2.75, 3.05) is 6.61 Å². The Balaban J connectivity index is 2.23. The third kappa shape index (κ3) is 3.94. The van der Waals surface area contributed by atoms with E-state index in [2.05, 4.69) is 9.59 Å². The van der Waals surface area contributed by atoms with Crippen LogP contribution in [-0.4, -0.2) is 22.2 Å². The van der Waals surface area contributed by atoms with E-state index in [0.29, 0.717) is 9.10 Å². The molecule has 0 spiro atoms. The third-order valence-corrected chi connectivity index (χ3v) is 4.16. The molecule has 0 bridgehead atoms. The quantitative estimate of drug-likeness (QED) is 0.794. The summed E-state index contributed by atoms with van der Waals surface area (Å²) in [6.45, 7) is 1.83. The van der Waals surface area contributed by atoms with Crippen LogP contribution < -0.4 is 0 Å². The molecule has 0 saturated heterocycles. The molecule has 0 aliphatic rings. The molecule has 9 heteroatoms. The number of hydrogen-bond donors (Lipinski definition) is 0. The minimum atomic E-state index is -4.41. The maximum absolute atomic E-state index is 12.6. The Labute approximate surface area is 126 Å². The summed E-state index contributed by atoms with van der Waals surface area (Å²) in [5, 5.41) is 3.65. The predicted molar refractivity (Wildman–Crippen MR) is 71.4 cm³/mol. The van der Waals surface area contributed by atoms with Gasteiger partial charge in [0, 0.05) is 4.90 Å². The number of hydrogen-bond acceptors (Lipinski definition) is 6. The average molecular weight is 334 g/mol. The maximum Gasteiger partial charge on any atom is 0.416 e. The summed E-state index contributed by atoms with van der Waals surface area (Å²) < 4.78 is 46.8. The number of rotatable bonds is 4. The SMILES string of the molecule is CCOC(=O)c1nnsc1Sc1cccc(C(F)(F)F)c1. The molecule has 2 rings (SSSR count). The predicted octanol–water partition coefficient (Wildman–Crippen LogP) is 3.88. The fourth-order valence-electron chi connectivity index (χ4n) is 1.42. The highest BCUT2D eigenvalue weighted by Gasteiger charge is 2.30. The smallest absolute Gasteiger partial charge is 0.416 e. The standard InChI is InChI=1S/C12H9F3N2O2S2/c1-2-19-10(18)9-11(21-17-16-9)20-8-5-3-4-7(6-8)12(13,14)15/h3-6H,2H2,1H3. The molecule has 112 valence electrons. The first-order chi connectivity index (χ1) is 9.91. The molecule has 0 aliphatic heterocycles. The summed E-state index contributed by atoms with van der Waals surface area (Å²) in [5.41, 5.74) is -0.730. The molecule has 4 nitrogen and oxygen atoms in total. The largest absolute Gasteiger partial charge is 0.461 e. The fourth-order valence-corrected chi connectivity index (χ4v) is 3.13. The number of aromatic nitrogens is 2. The van der Waals surface area contributed by atoms with Gasteiger partial charge >= 0.3 is 12.1 Å². The fraction of sp³-hybridized carbons (Fsp3) is 0.250. The topological polar surface area (TPSA) is 52.1 Å². The molecule has 0 amide bonds. The normalized spacial score (nSPS) is 11.4. The average Bonchev–Trinajstić information content (AvgIpc) is 2.86. The number of ether oxygens (including phenoxy) is 1.